The van der Waals surface area contributed by atoms with Gasteiger partial charge < -0.3 is 19.7 Å². The molecule has 0 spiro atoms. The molecule has 1 aromatic rings. The third kappa shape index (κ3) is 9.63. The molecule has 0 saturated carbocycles. The quantitative estimate of drug-likeness (QED) is 0.181. The number of aryl methyl sites for hydroxylation is 1. The van der Waals surface area contributed by atoms with Gasteiger partial charge in [0.15, 0.2) is 5.96 Å². The fraction of sp³-hybridized carbons (Fsp3) is 0.762. The van der Waals surface area contributed by atoms with Crippen LogP contribution in [-0.2, 0) is 21.3 Å². The summed E-state index contributed by atoms with van der Waals surface area (Å²) in [5, 5.41) is 7.69. The predicted octanol–water partition coefficient (Wildman–Crippen LogP) is 3.28. The first kappa shape index (κ1) is 26.7. The van der Waals surface area contributed by atoms with Gasteiger partial charge in [-0.05, 0) is 33.6 Å². The smallest absolute Gasteiger partial charge is 0.306 e. The lowest BCUT2D eigenvalue weighted by Crippen LogP contribution is -2.48. The van der Waals surface area contributed by atoms with Crippen molar-refractivity contribution < 1.29 is 14.3 Å². The van der Waals surface area contributed by atoms with Crippen molar-refractivity contribution in [3.05, 3.63) is 18.0 Å². The van der Waals surface area contributed by atoms with Crippen LogP contribution >= 0.6 is 24.0 Å². The van der Waals surface area contributed by atoms with Gasteiger partial charge in [0, 0.05) is 45.4 Å². The monoisotopic (exact) mass is 535 g/mol. The molecule has 30 heavy (non-hydrogen) atoms. The lowest BCUT2D eigenvalue weighted by Gasteiger charge is -2.34. The summed E-state index contributed by atoms with van der Waals surface area (Å²) in [5.74, 6) is 0.808. The summed E-state index contributed by atoms with van der Waals surface area (Å²) in [6, 6.07) is 0. The van der Waals surface area contributed by atoms with Crippen molar-refractivity contribution in [1.82, 2.24) is 20.0 Å². The molecule has 1 unspecified atom stereocenters. The highest BCUT2D eigenvalue weighted by atomic mass is 127. The summed E-state index contributed by atoms with van der Waals surface area (Å²) in [6.45, 7) is 8.83. The zero-order valence-electron chi connectivity index (χ0n) is 19.0. The summed E-state index contributed by atoms with van der Waals surface area (Å²) >= 11 is 0. The van der Waals surface area contributed by atoms with Gasteiger partial charge in [0.25, 0.3) is 0 Å². The predicted molar refractivity (Wildman–Crippen MR) is 129 cm³/mol. The molecule has 0 aromatic carbocycles. The molecule has 0 amide bonds. The third-order valence-electron chi connectivity index (χ3n) is 4.69. The molecule has 1 saturated heterocycles. The number of rotatable bonds is 8. The number of unbranched alkanes of at least 4 members (excludes halogenated alkanes) is 3. The highest BCUT2D eigenvalue weighted by molar-refractivity contribution is 14.0. The molecule has 0 bridgehead atoms. The van der Waals surface area contributed by atoms with Crippen LogP contribution in [0.2, 0.25) is 0 Å². The fourth-order valence-electron chi connectivity index (χ4n) is 3.32. The first-order valence-electron chi connectivity index (χ1n) is 10.6. The van der Waals surface area contributed by atoms with E-state index in [9.17, 15) is 4.79 Å². The zero-order chi connectivity index (χ0) is 21.3. The van der Waals surface area contributed by atoms with Crippen molar-refractivity contribution in [3.63, 3.8) is 0 Å². The van der Waals surface area contributed by atoms with Crippen LogP contribution < -0.4 is 5.32 Å². The molecule has 1 fully saturated rings. The van der Waals surface area contributed by atoms with E-state index in [1.165, 1.54) is 0 Å². The molecule has 2 rings (SSSR count). The highest BCUT2D eigenvalue weighted by Crippen LogP contribution is 2.21. The van der Waals surface area contributed by atoms with Gasteiger partial charge in [0.1, 0.15) is 11.7 Å². The van der Waals surface area contributed by atoms with E-state index in [1.807, 2.05) is 47.3 Å². The van der Waals surface area contributed by atoms with Crippen molar-refractivity contribution in [2.24, 2.45) is 12.0 Å². The number of halogens is 1. The number of morpholine rings is 1. The second kappa shape index (κ2) is 13.1. The Hall–Kier alpha value is -1.36. The Kier molecular flexibility index (Phi) is 11.7. The average molecular weight is 535 g/mol. The van der Waals surface area contributed by atoms with Gasteiger partial charge in [0.2, 0.25) is 0 Å². The van der Waals surface area contributed by atoms with E-state index in [1.54, 1.807) is 4.68 Å². The minimum Gasteiger partial charge on any atom is -0.460 e. The first-order valence-corrected chi connectivity index (χ1v) is 10.6. The van der Waals surface area contributed by atoms with Gasteiger partial charge in [-0.3, -0.25) is 14.5 Å². The molecule has 1 aliphatic rings. The van der Waals surface area contributed by atoms with E-state index < -0.39 is 5.60 Å². The number of esters is 1. The average Bonchev–Trinajstić information content (AvgIpc) is 3.09. The number of nitrogens with zero attached hydrogens (tertiary/aromatic N) is 4. The first-order chi connectivity index (χ1) is 13.8. The standard InChI is InChI=1S/C21H37N5O3.HI/c1-21(2,3)29-19(27)10-8-6-7-9-11-23-20(22-4)26-12-13-28-18(16-26)17-14-24-25(5)15-17;/h14-15,18H,6-13,16H2,1-5H3,(H,22,23);1H. The third-order valence-corrected chi connectivity index (χ3v) is 4.69. The van der Waals surface area contributed by atoms with Gasteiger partial charge in [-0.2, -0.15) is 5.10 Å². The molecule has 2 heterocycles. The normalized spacial score (nSPS) is 17.4. The second-order valence-electron chi connectivity index (χ2n) is 8.48. The molecule has 8 nitrogen and oxygen atoms in total. The maximum atomic E-state index is 11.7. The molecule has 9 heteroatoms. The van der Waals surface area contributed by atoms with Crippen LogP contribution in [0, 0.1) is 0 Å². The molecular weight excluding hydrogens is 497 g/mol. The van der Waals surface area contributed by atoms with Crippen LogP contribution in [0.15, 0.2) is 17.4 Å². The number of aliphatic imine (C=N–C) groups is 1. The van der Waals surface area contributed by atoms with Crippen molar-refractivity contribution in [2.75, 3.05) is 33.3 Å². The molecule has 0 radical (unpaired) electrons. The SMILES string of the molecule is CN=C(NCCCCCCC(=O)OC(C)(C)C)N1CCOC(c2cnn(C)c2)C1.I. The highest BCUT2D eigenvalue weighted by Gasteiger charge is 2.25. The number of aromatic nitrogens is 2. The number of ether oxygens (including phenoxy) is 2. The minimum absolute atomic E-state index is 0. The summed E-state index contributed by atoms with van der Waals surface area (Å²) in [5.41, 5.74) is 0.699. The number of carbonyl (C=O) groups is 1. The van der Waals surface area contributed by atoms with E-state index in [-0.39, 0.29) is 36.0 Å². The Morgan fingerprint density at radius 1 is 1.33 bits per heavy atom. The van der Waals surface area contributed by atoms with E-state index in [2.05, 4.69) is 20.3 Å². The number of hydrogen-bond donors (Lipinski definition) is 1. The topological polar surface area (TPSA) is 81.0 Å². The molecular formula is C21H38IN5O3. The van der Waals surface area contributed by atoms with Crippen LogP contribution in [0.3, 0.4) is 0 Å². The maximum Gasteiger partial charge on any atom is 0.306 e. The molecule has 1 atom stereocenters. The Balaban J connectivity index is 0.00000450. The molecule has 1 aliphatic heterocycles. The van der Waals surface area contributed by atoms with Crippen molar-refractivity contribution >= 4 is 35.9 Å². The van der Waals surface area contributed by atoms with E-state index in [4.69, 9.17) is 9.47 Å². The van der Waals surface area contributed by atoms with E-state index in [0.29, 0.717) is 13.0 Å². The largest absolute Gasteiger partial charge is 0.460 e. The van der Waals surface area contributed by atoms with Crippen LogP contribution in [0.4, 0.5) is 0 Å². The molecule has 172 valence electrons. The number of guanidine groups is 1. The van der Waals surface area contributed by atoms with Crippen molar-refractivity contribution in [3.8, 4) is 0 Å². The minimum atomic E-state index is -0.396. The summed E-state index contributed by atoms with van der Waals surface area (Å²) in [6.07, 6.45) is 8.40. The van der Waals surface area contributed by atoms with Gasteiger partial charge in [-0.15, -0.1) is 24.0 Å². The maximum absolute atomic E-state index is 11.7. The van der Waals surface area contributed by atoms with Gasteiger partial charge in [-0.25, -0.2) is 0 Å². The summed E-state index contributed by atoms with van der Waals surface area (Å²) in [4.78, 5) is 18.4. The van der Waals surface area contributed by atoms with Crippen LogP contribution in [-0.4, -0.2) is 65.5 Å². The van der Waals surface area contributed by atoms with E-state index in [0.717, 1.165) is 56.8 Å². The summed E-state index contributed by atoms with van der Waals surface area (Å²) in [7, 11) is 3.73. The Morgan fingerprint density at radius 2 is 2.07 bits per heavy atom. The van der Waals surface area contributed by atoms with Crippen LogP contribution in [0.5, 0.6) is 0 Å². The van der Waals surface area contributed by atoms with Gasteiger partial charge in [0.05, 0.1) is 19.3 Å². The van der Waals surface area contributed by atoms with Gasteiger partial charge >= 0.3 is 5.97 Å². The van der Waals surface area contributed by atoms with Crippen molar-refractivity contribution in [2.45, 2.75) is 64.6 Å². The number of hydrogen-bond acceptors (Lipinski definition) is 5. The lowest BCUT2D eigenvalue weighted by atomic mass is 10.1. The zero-order valence-corrected chi connectivity index (χ0v) is 21.3. The molecule has 1 N–H and O–H groups in total. The van der Waals surface area contributed by atoms with Crippen LogP contribution in [0.25, 0.3) is 0 Å². The summed E-state index contributed by atoms with van der Waals surface area (Å²) < 4.78 is 13.0. The molecule has 1 aromatic heterocycles. The molecule has 0 aliphatic carbocycles. The van der Waals surface area contributed by atoms with Crippen LogP contribution in [0.1, 0.15) is 64.5 Å². The fourth-order valence-corrected chi connectivity index (χ4v) is 3.32. The Morgan fingerprint density at radius 3 is 2.70 bits per heavy atom. The van der Waals surface area contributed by atoms with Crippen molar-refractivity contribution in [1.29, 1.82) is 0 Å². The Bertz CT molecular complexity index is 672. The van der Waals surface area contributed by atoms with Gasteiger partial charge in [-0.1, -0.05) is 12.8 Å². The second-order valence-corrected chi connectivity index (χ2v) is 8.48. The van der Waals surface area contributed by atoms with E-state index >= 15 is 0 Å². The lowest BCUT2D eigenvalue weighted by molar-refractivity contribution is -0.154. The Labute approximate surface area is 197 Å². The number of nitrogens with one attached hydrogen (secondary N) is 1. The number of carbonyl (C=O) groups excluding carboxylic acids is 1.